The number of hydrogen-bond donors (Lipinski definition) is 3. The summed E-state index contributed by atoms with van der Waals surface area (Å²) in [6, 6.07) is 18.5. The van der Waals surface area contributed by atoms with Crippen molar-refractivity contribution in [2.45, 2.75) is 6.92 Å². The van der Waals surface area contributed by atoms with Gasteiger partial charge in [0, 0.05) is 16.4 Å². The molecule has 37 heavy (non-hydrogen) atoms. The number of rotatable bonds is 10. The van der Waals surface area contributed by atoms with Gasteiger partial charge in [0.15, 0.2) is 6.61 Å². The predicted octanol–water partition coefficient (Wildman–Crippen LogP) is 4.32. The molecule has 10 heteroatoms. The molecule has 3 rings (SSSR count). The van der Waals surface area contributed by atoms with Crippen molar-refractivity contribution >= 4 is 46.9 Å². The van der Waals surface area contributed by atoms with E-state index < -0.39 is 11.8 Å². The number of benzene rings is 3. The molecule has 0 heterocycles. The standard InChI is InChI=1S/C27H25ClN4O5/c1-3-13-36-22-11-9-21(10-12-22)30-26(34)27(35)32-29-16-19-5-4-6-23(14-19)37-17-25(33)31-24-15-20(28)8-7-18(24)2/h3-12,14-16H,1,13,17H2,2H3,(H,30,34)(H,31,33)(H,32,35)/b29-16-. The SMILES string of the molecule is C=CCOc1ccc(NC(=O)C(=O)N/N=C\c2cccc(OCC(=O)Nc3cc(Cl)ccc3C)c2)cc1. The Bertz CT molecular complexity index is 1310. The van der Waals surface area contributed by atoms with Crippen molar-refractivity contribution in [3.05, 3.63) is 95.5 Å². The largest absolute Gasteiger partial charge is 0.490 e. The summed E-state index contributed by atoms with van der Waals surface area (Å²) in [5.74, 6) is -1.14. The van der Waals surface area contributed by atoms with Crippen LogP contribution in [0.2, 0.25) is 5.02 Å². The molecule has 0 aliphatic heterocycles. The van der Waals surface area contributed by atoms with E-state index >= 15 is 0 Å². The van der Waals surface area contributed by atoms with E-state index in [4.69, 9.17) is 21.1 Å². The predicted molar refractivity (Wildman–Crippen MR) is 143 cm³/mol. The summed E-state index contributed by atoms with van der Waals surface area (Å²) in [5.41, 5.74) is 4.65. The van der Waals surface area contributed by atoms with Crippen LogP contribution in [0, 0.1) is 6.92 Å². The third-order valence-electron chi connectivity index (χ3n) is 4.77. The lowest BCUT2D eigenvalue weighted by Gasteiger charge is -2.10. The van der Waals surface area contributed by atoms with Crippen molar-refractivity contribution < 1.29 is 23.9 Å². The Hall–Kier alpha value is -4.63. The summed E-state index contributed by atoms with van der Waals surface area (Å²) < 4.78 is 10.9. The van der Waals surface area contributed by atoms with Gasteiger partial charge in [0.25, 0.3) is 5.91 Å². The minimum Gasteiger partial charge on any atom is -0.490 e. The lowest BCUT2D eigenvalue weighted by molar-refractivity contribution is -0.136. The van der Waals surface area contributed by atoms with E-state index in [1.54, 1.807) is 66.7 Å². The van der Waals surface area contributed by atoms with Gasteiger partial charge >= 0.3 is 11.8 Å². The first-order valence-corrected chi connectivity index (χ1v) is 11.5. The molecular formula is C27H25ClN4O5. The van der Waals surface area contributed by atoms with Gasteiger partial charge in [-0.2, -0.15) is 5.10 Å². The summed E-state index contributed by atoms with van der Waals surface area (Å²) >= 11 is 5.97. The number of hydrazone groups is 1. The molecule has 0 unspecified atom stereocenters. The molecule has 0 atom stereocenters. The van der Waals surface area contributed by atoms with Crippen LogP contribution < -0.4 is 25.5 Å². The Labute approximate surface area is 219 Å². The highest BCUT2D eigenvalue weighted by Gasteiger charge is 2.13. The minimum absolute atomic E-state index is 0.217. The third-order valence-corrected chi connectivity index (χ3v) is 5.00. The molecule has 0 spiro atoms. The lowest BCUT2D eigenvalue weighted by atomic mass is 10.2. The van der Waals surface area contributed by atoms with E-state index in [9.17, 15) is 14.4 Å². The van der Waals surface area contributed by atoms with Gasteiger partial charge in [-0.25, -0.2) is 5.43 Å². The number of amides is 3. The molecule has 3 aromatic carbocycles. The van der Waals surface area contributed by atoms with E-state index in [0.717, 1.165) is 5.56 Å². The first kappa shape index (κ1) is 27.0. The van der Waals surface area contributed by atoms with Crippen molar-refractivity contribution in [1.29, 1.82) is 0 Å². The number of carbonyl (C=O) groups is 3. The van der Waals surface area contributed by atoms with Crippen LogP contribution in [-0.4, -0.2) is 37.1 Å². The molecule has 190 valence electrons. The average molecular weight is 521 g/mol. The molecule has 3 amide bonds. The number of nitrogens with zero attached hydrogens (tertiary/aromatic N) is 1. The molecule has 0 aromatic heterocycles. The molecule has 0 saturated heterocycles. The lowest BCUT2D eigenvalue weighted by Crippen LogP contribution is -2.32. The molecule has 0 saturated carbocycles. The van der Waals surface area contributed by atoms with E-state index in [1.165, 1.54) is 6.21 Å². The van der Waals surface area contributed by atoms with Gasteiger partial charge in [0.1, 0.15) is 18.1 Å². The smallest absolute Gasteiger partial charge is 0.329 e. The Kier molecular flexibility index (Phi) is 9.81. The molecule has 3 N–H and O–H groups in total. The second-order valence-corrected chi connectivity index (χ2v) is 8.08. The summed E-state index contributed by atoms with van der Waals surface area (Å²) in [6.45, 7) is 5.57. The van der Waals surface area contributed by atoms with Crippen molar-refractivity contribution in [2.75, 3.05) is 23.8 Å². The zero-order chi connectivity index (χ0) is 26.6. The molecule has 9 nitrogen and oxygen atoms in total. The highest BCUT2D eigenvalue weighted by atomic mass is 35.5. The van der Waals surface area contributed by atoms with Gasteiger partial charge in [-0.15, -0.1) is 0 Å². The normalized spacial score (nSPS) is 10.4. The second kappa shape index (κ2) is 13.5. The zero-order valence-corrected chi connectivity index (χ0v) is 20.7. The van der Waals surface area contributed by atoms with Crippen LogP contribution in [0.5, 0.6) is 11.5 Å². The van der Waals surface area contributed by atoms with E-state index in [1.807, 2.05) is 13.0 Å². The quantitative estimate of drug-likeness (QED) is 0.159. The zero-order valence-electron chi connectivity index (χ0n) is 20.0. The number of hydrogen-bond acceptors (Lipinski definition) is 6. The highest BCUT2D eigenvalue weighted by molar-refractivity contribution is 6.39. The Morgan fingerprint density at radius 2 is 1.73 bits per heavy atom. The van der Waals surface area contributed by atoms with Crippen molar-refractivity contribution in [3.63, 3.8) is 0 Å². The maximum atomic E-state index is 12.2. The molecular weight excluding hydrogens is 496 g/mol. The van der Waals surface area contributed by atoms with E-state index in [2.05, 4.69) is 27.7 Å². The van der Waals surface area contributed by atoms with Crippen LogP contribution >= 0.6 is 11.6 Å². The number of anilines is 2. The molecule has 0 aliphatic rings. The Balaban J connectivity index is 1.46. The monoisotopic (exact) mass is 520 g/mol. The second-order valence-electron chi connectivity index (χ2n) is 7.65. The molecule has 3 aromatic rings. The summed E-state index contributed by atoms with van der Waals surface area (Å²) in [7, 11) is 0. The van der Waals surface area contributed by atoms with Gasteiger partial charge in [-0.3, -0.25) is 14.4 Å². The van der Waals surface area contributed by atoms with Gasteiger partial charge in [0.2, 0.25) is 0 Å². The number of aryl methyl sites for hydroxylation is 1. The van der Waals surface area contributed by atoms with Gasteiger partial charge < -0.3 is 20.1 Å². The average Bonchev–Trinajstić information content (AvgIpc) is 2.89. The van der Waals surface area contributed by atoms with E-state index in [-0.39, 0.29) is 12.5 Å². The van der Waals surface area contributed by atoms with Crippen molar-refractivity contribution in [1.82, 2.24) is 5.43 Å². The van der Waals surface area contributed by atoms with Gasteiger partial charge in [-0.1, -0.05) is 42.5 Å². The summed E-state index contributed by atoms with van der Waals surface area (Å²) in [5, 5.41) is 9.54. The van der Waals surface area contributed by atoms with Gasteiger partial charge in [-0.05, 0) is 66.6 Å². The highest BCUT2D eigenvalue weighted by Crippen LogP contribution is 2.20. The maximum absolute atomic E-state index is 12.2. The number of nitrogens with one attached hydrogen (secondary N) is 3. The fourth-order valence-electron chi connectivity index (χ4n) is 2.94. The summed E-state index contributed by atoms with van der Waals surface area (Å²) in [6.07, 6.45) is 2.96. The molecule has 0 aliphatic carbocycles. The van der Waals surface area contributed by atoms with Crippen LogP contribution in [-0.2, 0) is 14.4 Å². The maximum Gasteiger partial charge on any atom is 0.329 e. The first-order valence-electron chi connectivity index (χ1n) is 11.1. The molecule has 0 bridgehead atoms. The van der Waals surface area contributed by atoms with Gasteiger partial charge in [0.05, 0.1) is 6.21 Å². The number of carbonyl (C=O) groups excluding carboxylic acids is 3. The molecule has 0 radical (unpaired) electrons. The van der Waals surface area contributed by atoms with Crippen LogP contribution in [0.3, 0.4) is 0 Å². The molecule has 0 fully saturated rings. The summed E-state index contributed by atoms with van der Waals surface area (Å²) in [4.78, 5) is 36.3. The Morgan fingerprint density at radius 1 is 0.946 bits per heavy atom. The number of ether oxygens (including phenoxy) is 2. The fourth-order valence-corrected chi connectivity index (χ4v) is 3.11. The fraction of sp³-hybridized carbons (Fsp3) is 0.111. The van der Waals surface area contributed by atoms with Crippen molar-refractivity contribution in [2.24, 2.45) is 5.10 Å². The third kappa shape index (κ3) is 8.83. The van der Waals surface area contributed by atoms with Crippen LogP contribution in [0.25, 0.3) is 0 Å². The Morgan fingerprint density at radius 3 is 2.49 bits per heavy atom. The van der Waals surface area contributed by atoms with Crippen molar-refractivity contribution in [3.8, 4) is 11.5 Å². The topological polar surface area (TPSA) is 118 Å². The van der Waals surface area contributed by atoms with E-state index in [0.29, 0.717) is 40.1 Å². The first-order chi connectivity index (χ1) is 17.8. The number of halogens is 1. The minimum atomic E-state index is -0.941. The van der Waals surface area contributed by atoms with Crippen LogP contribution in [0.4, 0.5) is 11.4 Å². The van der Waals surface area contributed by atoms with Crippen LogP contribution in [0.15, 0.2) is 84.5 Å². The van der Waals surface area contributed by atoms with Crippen LogP contribution in [0.1, 0.15) is 11.1 Å².